The van der Waals surface area contributed by atoms with Gasteiger partial charge >= 0.3 is 0 Å². The number of amides is 1. The second-order valence-corrected chi connectivity index (χ2v) is 7.86. The van der Waals surface area contributed by atoms with Gasteiger partial charge in [0.15, 0.2) is 0 Å². The number of carbonyl (C=O) groups is 1. The van der Waals surface area contributed by atoms with Crippen molar-refractivity contribution in [1.29, 1.82) is 5.26 Å². The van der Waals surface area contributed by atoms with Crippen molar-refractivity contribution in [3.05, 3.63) is 107 Å². The van der Waals surface area contributed by atoms with Gasteiger partial charge in [0, 0.05) is 24.9 Å². The van der Waals surface area contributed by atoms with Gasteiger partial charge < -0.3 is 5.32 Å². The Morgan fingerprint density at radius 2 is 1.82 bits per heavy atom. The first-order valence-corrected chi connectivity index (χ1v) is 10.7. The van der Waals surface area contributed by atoms with Gasteiger partial charge in [-0.3, -0.25) is 4.79 Å². The molecular formula is C27H23FN4O. The summed E-state index contributed by atoms with van der Waals surface area (Å²) in [4.78, 5) is 12.4. The molecule has 0 unspecified atom stereocenters. The van der Waals surface area contributed by atoms with Gasteiger partial charge in [-0.25, -0.2) is 9.07 Å². The number of aromatic nitrogens is 2. The Bertz CT molecular complexity index is 1300. The van der Waals surface area contributed by atoms with Crippen LogP contribution in [0.25, 0.3) is 16.9 Å². The molecule has 5 nitrogen and oxygen atoms in total. The molecular weight excluding hydrogens is 415 g/mol. The maximum Gasteiger partial charge on any atom is 0.220 e. The third kappa shape index (κ3) is 5.52. The van der Waals surface area contributed by atoms with Crippen molar-refractivity contribution in [3.63, 3.8) is 0 Å². The monoisotopic (exact) mass is 438 g/mol. The van der Waals surface area contributed by atoms with Crippen molar-refractivity contribution >= 4 is 5.91 Å². The molecule has 6 heteroatoms. The van der Waals surface area contributed by atoms with Crippen LogP contribution in [0.15, 0.2) is 78.9 Å². The van der Waals surface area contributed by atoms with Gasteiger partial charge in [-0.05, 0) is 55.0 Å². The lowest BCUT2D eigenvalue weighted by Gasteiger charge is -2.08. The molecule has 0 aliphatic carbocycles. The molecule has 0 atom stereocenters. The van der Waals surface area contributed by atoms with E-state index < -0.39 is 0 Å². The number of halogens is 1. The average molecular weight is 439 g/mol. The van der Waals surface area contributed by atoms with E-state index in [0.717, 1.165) is 16.9 Å². The van der Waals surface area contributed by atoms with Gasteiger partial charge in [0.1, 0.15) is 5.82 Å². The lowest BCUT2D eigenvalue weighted by molar-refractivity contribution is -0.121. The van der Waals surface area contributed by atoms with Crippen molar-refractivity contribution in [3.8, 4) is 23.0 Å². The van der Waals surface area contributed by atoms with Crippen LogP contribution in [0.1, 0.15) is 28.8 Å². The molecule has 4 aromatic rings. The van der Waals surface area contributed by atoms with E-state index in [1.165, 1.54) is 17.7 Å². The molecule has 1 heterocycles. The van der Waals surface area contributed by atoms with Gasteiger partial charge in [0.25, 0.3) is 0 Å². The lowest BCUT2D eigenvalue weighted by atomic mass is 10.1. The number of rotatable bonds is 7. The molecule has 0 fully saturated rings. The first kappa shape index (κ1) is 22.0. The van der Waals surface area contributed by atoms with Crippen LogP contribution in [-0.2, 0) is 17.8 Å². The molecule has 0 bridgehead atoms. The highest BCUT2D eigenvalue weighted by Crippen LogP contribution is 2.25. The lowest BCUT2D eigenvalue weighted by Crippen LogP contribution is -2.23. The molecule has 0 aliphatic heterocycles. The second kappa shape index (κ2) is 9.92. The normalized spacial score (nSPS) is 10.6. The Balaban J connectivity index is 1.51. The highest BCUT2D eigenvalue weighted by molar-refractivity contribution is 5.76. The third-order valence-corrected chi connectivity index (χ3v) is 5.34. The summed E-state index contributed by atoms with van der Waals surface area (Å²) in [5.41, 5.74) is 5.65. The van der Waals surface area contributed by atoms with Crippen molar-refractivity contribution in [1.82, 2.24) is 15.1 Å². The predicted molar refractivity (Wildman–Crippen MR) is 125 cm³/mol. The van der Waals surface area contributed by atoms with Crippen LogP contribution in [0, 0.1) is 24.1 Å². The molecule has 0 aliphatic rings. The largest absolute Gasteiger partial charge is 0.352 e. The van der Waals surface area contributed by atoms with E-state index in [0.29, 0.717) is 36.2 Å². The first-order chi connectivity index (χ1) is 16.0. The third-order valence-electron chi connectivity index (χ3n) is 5.34. The number of aryl methyl sites for hydroxylation is 2. The Morgan fingerprint density at radius 1 is 1.06 bits per heavy atom. The maximum absolute atomic E-state index is 13.9. The summed E-state index contributed by atoms with van der Waals surface area (Å²) in [6.45, 7) is 2.50. The molecule has 0 radical (unpaired) electrons. The van der Waals surface area contributed by atoms with Crippen molar-refractivity contribution in [2.45, 2.75) is 26.3 Å². The summed E-state index contributed by atoms with van der Waals surface area (Å²) < 4.78 is 15.6. The fourth-order valence-electron chi connectivity index (χ4n) is 3.52. The fraction of sp³-hybridized carbons (Fsp3) is 0.148. The van der Waals surface area contributed by atoms with Gasteiger partial charge in [0.05, 0.1) is 28.7 Å². The minimum Gasteiger partial charge on any atom is -0.352 e. The Labute approximate surface area is 192 Å². The van der Waals surface area contributed by atoms with Crippen LogP contribution in [0.4, 0.5) is 4.39 Å². The molecule has 3 aromatic carbocycles. The number of nitriles is 1. The molecule has 4 rings (SSSR count). The second-order valence-electron chi connectivity index (χ2n) is 7.86. The van der Waals surface area contributed by atoms with Gasteiger partial charge in [0.2, 0.25) is 5.91 Å². The SMILES string of the molecule is Cc1ccc(CNC(=O)CCc2cc(-c3cccc(F)c3)n(-c3ccc(C#N)cc3)n2)cc1. The zero-order valence-corrected chi connectivity index (χ0v) is 18.3. The summed E-state index contributed by atoms with van der Waals surface area (Å²) in [5, 5.41) is 16.7. The molecule has 1 N–H and O–H groups in total. The molecule has 0 saturated heterocycles. The summed E-state index contributed by atoms with van der Waals surface area (Å²) in [6.07, 6.45) is 0.740. The zero-order valence-electron chi connectivity index (χ0n) is 18.3. The molecule has 0 saturated carbocycles. The Hall–Kier alpha value is -4.24. The van der Waals surface area contributed by atoms with E-state index in [1.807, 2.05) is 43.3 Å². The van der Waals surface area contributed by atoms with E-state index in [9.17, 15) is 9.18 Å². The highest BCUT2D eigenvalue weighted by atomic mass is 19.1. The minimum absolute atomic E-state index is 0.0594. The number of hydrogen-bond acceptors (Lipinski definition) is 3. The van der Waals surface area contributed by atoms with E-state index in [-0.39, 0.29) is 11.7 Å². The van der Waals surface area contributed by atoms with Crippen LogP contribution in [0.3, 0.4) is 0 Å². The molecule has 0 spiro atoms. The summed E-state index contributed by atoms with van der Waals surface area (Å²) >= 11 is 0. The molecule has 1 amide bonds. The topological polar surface area (TPSA) is 70.7 Å². The van der Waals surface area contributed by atoms with Crippen molar-refractivity contribution in [2.75, 3.05) is 0 Å². The average Bonchev–Trinajstić information content (AvgIpc) is 3.27. The van der Waals surface area contributed by atoms with Crippen molar-refractivity contribution < 1.29 is 9.18 Å². The van der Waals surface area contributed by atoms with E-state index >= 15 is 0 Å². The first-order valence-electron chi connectivity index (χ1n) is 10.7. The number of nitrogens with one attached hydrogen (secondary N) is 1. The molecule has 33 heavy (non-hydrogen) atoms. The number of hydrogen-bond donors (Lipinski definition) is 1. The van der Waals surface area contributed by atoms with E-state index in [4.69, 9.17) is 5.26 Å². The molecule has 164 valence electrons. The summed E-state index contributed by atoms with van der Waals surface area (Å²) in [7, 11) is 0. The minimum atomic E-state index is -0.336. The Morgan fingerprint density at radius 3 is 2.52 bits per heavy atom. The predicted octanol–water partition coefficient (Wildman–Crippen LogP) is 5.11. The van der Waals surface area contributed by atoms with E-state index in [1.54, 1.807) is 35.0 Å². The quantitative estimate of drug-likeness (QED) is 0.436. The number of benzene rings is 3. The highest BCUT2D eigenvalue weighted by Gasteiger charge is 2.14. The number of carbonyl (C=O) groups excluding carboxylic acids is 1. The zero-order chi connectivity index (χ0) is 23.2. The summed E-state index contributed by atoms with van der Waals surface area (Å²) in [5.74, 6) is -0.395. The maximum atomic E-state index is 13.9. The van der Waals surface area contributed by atoms with E-state index in [2.05, 4.69) is 16.5 Å². The fourth-order valence-corrected chi connectivity index (χ4v) is 3.52. The number of nitrogens with zero attached hydrogens (tertiary/aromatic N) is 3. The van der Waals surface area contributed by atoms with Crippen LogP contribution in [0.2, 0.25) is 0 Å². The van der Waals surface area contributed by atoms with Crippen LogP contribution in [-0.4, -0.2) is 15.7 Å². The Kier molecular flexibility index (Phi) is 6.61. The standard InChI is InChI=1S/C27H23FN4O/c1-19-5-7-21(8-6-19)18-30-27(33)14-11-24-16-26(22-3-2-4-23(28)15-22)32(31-24)25-12-9-20(17-29)10-13-25/h2-10,12-13,15-16H,11,14,18H2,1H3,(H,30,33). The smallest absolute Gasteiger partial charge is 0.220 e. The molecule has 1 aromatic heterocycles. The van der Waals surface area contributed by atoms with Crippen molar-refractivity contribution in [2.24, 2.45) is 0 Å². The van der Waals surface area contributed by atoms with Gasteiger partial charge in [-0.2, -0.15) is 10.4 Å². The van der Waals surface area contributed by atoms with Gasteiger partial charge in [-0.15, -0.1) is 0 Å². The van der Waals surface area contributed by atoms with Crippen LogP contribution in [0.5, 0.6) is 0 Å². The van der Waals surface area contributed by atoms with Gasteiger partial charge in [-0.1, -0.05) is 42.0 Å². The van der Waals surface area contributed by atoms with Crippen LogP contribution >= 0.6 is 0 Å². The van der Waals surface area contributed by atoms with Crippen LogP contribution < -0.4 is 5.32 Å². The summed E-state index contributed by atoms with van der Waals surface area (Å²) in [6, 6.07) is 25.4.